The number of hydrogen-bond donors (Lipinski definition) is 0. The van der Waals surface area contributed by atoms with E-state index in [1.807, 2.05) is 0 Å². The summed E-state index contributed by atoms with van der Waals surface area (Å²) in [5.41, 5.74) is 6.69. The molecule has 0 spiro atoms. The quantitative estimate of drug-likeness (QED) is 0.500. The molecule has 1 atom stereocenters. The summed E-state index contributed by atoms with van der Waals surface area (Å²) in [5, 5.41) is 0. The number of halogens is 1. The normalized spacial score (nSPS) is 20.9. The second-order valence-corrected chi connectivity index (χ2v) is 10.3. The molecule has 27 heavy (non-hydrogen) atoms. The molecule has 146 valence electrons. The third-order valence-corrected chi connectivity index (χ3v) is 8.54. The van der Waals surface area contributed by atoms with E-state index in [0.29, 0.717) is 11.1 Å². The van der Waals surface area contributed by atoms with E-state index in [1.54, 1.807) is 25.0 Å². The van der Waals surface area contributed by atoms with Gasteiger partial charge in [0.1, 0.15) is 0 Å². The van der Waals surface area contributed by atoms with Crippen LogP contribution < -0.4 is 12.4 Å². The zero-order chi connectivity index (χ0) is 18.8. The Morgan fingerprint density at radius 3 is 2.07 bits per heavy atom. The first-order valence-electron chi connectivity index (χ1n) is 9.44. The van der Waals surface area contributed by atoms with E-state index in [9.17, 15) is 9.59 Å². The minimum absolute atomic E-state index is 0. The van der Waals surface area contributed by atoms with Crippen LogP contribution >= 0.6 is 0 Å². The second-order valence-electron chi connectivity index (χ2n) is 7.57. The van der Waals surface area contributed by atoms with Gasteiger partial charge in [0.2, 0.25) is 0 Å². The monoisotopic (exact) mass is 426 g/mol. The van der Waals surface area contributed by atoms with Crippen LogP contribution in [0.5, 0.6) is 0 Å². The largest absolute Gasteiger partial charge is 1.00 e. The molecule has 0 saturated carbocycles. The average molecular weight is 427 g/mol. The molecule has 0 N–H and O–H groups in total. The van der Waals surface area contributed by atoms with Gasteiger partial charge in [-0.2, -0.15) is 0 Å². The molecule has 0 heterocycles. The molecule has 0 bridgehead atoms. The number of fused-ring (bicyclic) bond motifs is 1. The summed E-state index contributed by atoms with van der Waals surface area (Å²) in [6.45, 7) is 10.6. The Hall–Kier alpha value is -1.10. The summed E-state index contributed by atoms with van der Waals surface area (Å²) in [6, 6.07) is 0. The molecular weight excluding hydrogens is 400 g/mol. The van der Waals surface area contributed by atoms with Crippen molar-refractivity contribution in [3.63, 3.8) is 0 Å². The molecule has 0 fully saturated rings. The maximum Gasteiger partial charge on any atom is -1.00 e. The molecule has 3 aliphatic carbocycles. The molecule has 4 nitrogen and oxygen atoms in total. The van der Waals surface area contributed by atoms with Crippen LogP contribution in [0.25, 0.3) is 0 Å². The van der Waals surface area contributed by atoms with Crippen molar-refractivity contribution in [1.29, 1.82) is 0 Å². The summed E-state index contributed by atoms with van der Waals surface area (Å²) in [4.78, 5) is 24.3. The molecule has 0 aromatic carbocycles. The van der Waals surface area contributed by atoms with Gasteiger partial charge >= 0.3 is 163 Å². The Bertz CT molecular complexity index is 706. The number of hydrogen-bond acceptors (Lipinski definition) is 4. The zero-order valence-corrected chi connectivity index (χ0v) is 18.5. The molecule has 0 aliphatic heterocycles. The number of allylic oxidation sites excluding steroid dienone is 4. The summed E-state index contributed by atoms with van der Waals surface area (Å²) in [7, 11) is 0. The van der Waals surface area contributed by atoms with E-state index in [2.05, 4.69) is 13.2 Å². The first-order valence-corrected chi connectivity index (χ1v) is 11.6. The molecule has 0 aromatic rings. The molecule has 0 saturated heterocycles. The third kappa shape index (κ3) is 4.85. The van der Waals surface area contributed by atoms with Gasteiger partial charge in [-0.05, 0) is 0 Å². The molecular formula is C21H27ClO4Ti. The Morgan fingerprint density at radius 2 is 1.48 bits per heavy atom. The van der Waals surface area contributed by atoms with Gasteiger partial charge in [0.25, 0.3) is 0 Å². The van der Waals surface area contributed by atoms with E-state index < -0.39 is 30.6 Å². The van der Waals surface area contributed by atoms with E-state index in [1.165, 1.54) is 36.8 Å². The van der Waals surface area contributed by atoms with Crippen LogP contribution in [0.1, 0.15) is 65.2 Å². The summed E-state index contributed by atoms with van der Waals surface area (Å²) < 4.78 is 11.5. The van der Waals surface area contributed by atoms with E-state index >= 15 is 0 Å². The van der Waals surface area contributed by atoms with Gasteiger partial charge in [-0.15, -0.1) is 0 Å². The second kappa shape index (κ2) is 9.40. The number of rotatable bonds is 5. The summed E-state index contributed by atoms with van der Waals surface area (Å²) in [5.74, 6) is -0.893. The predicted octanol–water partition coefficient (Wildman–Crippen LogP) is 2.22. The fourth-order valence-corrected chi connectivity index (χ4v) is 7.33. The first kappa shape index (κ1) is 22.2. The Kier molecular flexibility index (Phi) is 7.73. The fraction of sp³-hybridized carbons (Fsp3) is 0.524. The van der Waals surface area contributed by atoms with Crippen molar-refractivity contribution in [2.24, 2.45) is 0 Å². The van der Waals surface area contributed by atoms with Crippen molar-refractivity contribution in [2.45, 2.75) is 69.4 Å². The molecule has 1 unspecified atom stereocenters. The predicted molar refractivity (Wildman–Crippen MR) is 96.6 cm³/mol. The van der Waals surface area contributed by atoms with Crippen LogP contribution in [0.4, 0.5) is 0 Å². The minimum Gasteiger partial charge on any atom is -1.00 e. The maximum atomic E-state index is 12.2. The Morgan fingerprint density at radius 1 is 0.926 bits per heavy atom. The van der Waals surface area contributed by atoms with Gasteiger partial charge in [-0.1, -0.05) is 0 Å². The van der Waals surface area contributed by atoms with Crippen LogP contribution in [0.15, 0.2) is 46.6 Å². The van der Waals surface area contributed by atoms with Crippen LogP contribution in [-0.2, 0) is 34.9 Å². The molecule has 3 aliphatic rings. The van der Waals surface area contributed by atoms with Crippen LogP contribution in [-0.4, -0.2) is 11.9 Å². The standard InChI is InChI=1S/C13H17.2C4H6O2.ClH.Ti/c1-3-7-12-10(5-1)9-11-6-2-4-8-13(11)12;2*1-3(2)4(5)6;;/h5H,1-4,6-9H2;2*1H2,2H3,(H,5,6);1H;/q;;;;+3/p-3. The van der Waals surface area contributed by atoms with Crippen molar-refractivity contribution in [3.05, 3.63) is 46.6 Å². The first-order chi connectivity index (χ1) is 12.4. The van der Waals surface area contributed by atoms with E-state index in [-0.39, 0.29) is 16.6 Å². The molecule has 0 aromatic heterocycles. The average Bonchev–Trinajstić information content (AvgIpc) is 2.99. The van der Waals surface area contributed by atoms with Gasteiger partial charge in [0.15, 0.2) is 0 Å². The van der Waals surface area contributed by atoms with E-state index in [4.69, 9.17) is 6.64 Å². The Labute approximate surface area is 174 Å². The molecule has 3 rings (SSSR count). The fourth-order valence-electron chi connectivity index (χ4n) is 4.14. The summed E-state index contributed by atoms with van der Waals surface area (Å²) >= 11 is -2.91. The topological polar surface area (TPSA) is 52.6 Å². The van der Waals surface area contributed by atoms with Gasteiger partial charge < -0.3 is 12.4 Å². The Balaban J connectivity index is 0.00000261. The van der Waals surface area contributed by atoms with Crippen LogP contribution in [0.2, 0.25) is 4.22 Å². The maximum absolute atomic E-state index is 12.2. The van der Waals surface area contributed by atoms with Crippen LogP contribution in [0, 0.1) is 0 Å². The van der Waals surface area contributed by atoms with Gasteiger partial charge in [0.05, 0.1) is 0 Å². The number of carbonyl (C=O) groups excluding carboxylic acids is 2. The number of carbonyl (C=O) groups is 2. The molecule has 6 heteroatoms. The zero-order valence-electron chi connectivity index (χ0n) is 16.2. The molecule has 0 amide bonds. The van der Waals surface area contributed by atoms with Crippen molar-refractivity contribution < 1.29 is 47.3 Å². The van der Waals surface area contributed by atoms with E-state index in [0.717, 1.165) is 25.7 Å². The van der Waals surface area contributed by atoms with Gasteiger partial charge in [0, 0.05) is 0 Å². The molecule has 0 radical (unpaired) electrons. The van der Waals surface area contributed by atoms with Crippen molar-refractivity contribution in [1.82, 2.24) is 0 Å². The minimum atomic E-state index is -2.91. The van der Waals surface area contributed by atoms with Gasteiger partial charge in [-0.3, -0.25) is 0 Å². The summed E-state index contributed by atoms with van der Waals surface area (Å²) in [6.07, 6.45) is 8.98. The van der Waals surface area contributed by atoms with Crippen LogP contribution in [0.3, 0.4) is 0 Å². The van der Waals surface area contributed by atoms with Crippen molar-refractivity contribution in [3.8, 4) is 0 Å². The van der Waals surface area contributed by atoms with Gasteiger partial charge in [-0.25, -0.2) is 0 Å². The van der Waals surface area contributed by atoms with Crippen molar-refractivity contribution in [2.75, 3.05) is 0 Å². The third-order valence-electron chi connectivity index (χ3n) is 5.45. The van der Waals surface area contributed by atoms with Crippen molar-refractivity contribution >= 4 is 11.9 Å². The smallest absolute Gasteiger partial charge is 1.00 e. The SMILES string of the molecule is C=C(C)C(=O)[O][Ti+]([O]C(=O)C(=C)C)[CH]1CCCC2=C1CC1=C2CCCC1.[Cl-].